The number of hydrogen-bond acceptors (Lipinski definition) is 4. The molecule has 0 bridgehead atoms. The van der Waals surface area contributed by atoms with Crippen molar-refractivity contribution in [2.45, 2.75) is 6.42 Å². The Kier molecular flexibility index (Phi) is 6.03. The number of aromatic nitrogens is 2. The maximum Gasteiger partial charge on any atom is 0.279 e. The molecule has 1 heterocycles. The van der Waals surface area contributed by atoms with Gasteiger partial charge in [-0.25, -0.2) is 13.6 Å². The molecule has 4 aromatic carbocycles. The van der Waals surface area contributed by atoms with E-state index in [4.69, 9.17) is 10.2 Å². The van der Waals surface area contributed by atoms with E-state index >= 15 is 0 Å². The van der Waals surface area contributed by atoms with Gasteiger partial charge in [-0.1, -0.05) is 78.9 Å². The van der Waals surface area contributed by atoms with Crippen LogP contribution in [0.25, 0.3) is 38.8 Å². The number of rotatable bonds is 6. The van der Waals surface area contributed by atoms with E-state index in [1.165, 1.54) is 4.68 Å². The fourth-order valence-corrected chi connectivity index (χ4v) is 4.66. The monoisotopic (exact) mass is 481 g/mol. The predicted molar refractivity (Wildman–Crippen MR) is 140 cm³/mol. The number of aryl methyl sites for hydroxylation is 1. The fourth-order valence-electron chi connectivity index (χ4n) is 4.14. The van der Waals surface area contributed by atoms with Gasteiger partial charge in [0, 0.05) is 10.9 Å². The number of primary sulfonamides is 1. The van der Waals surface area contributed by atoms with Crippen LogP contribution < -0.4 is 10.7 Å². The summed E-state index contributed by atoms with van der Waals surface area (Å²) in [5.74, 6) is -0.141. The highest BCUT2D eigenvalue weighted by Gasteiger charge is 2.14. The van der Waals surface area contributed by atoms with E-state index in [-0.39, 0.29) is 11.3 Å². The smallest absolute Gasteiger partial charge is 0.267 e. The molecule has 0 fully saturated rings. The summed E-state index contributed by atoms with van der Waals surface area (Å²) in [6.07, 6.45) is 0.297. The van der Waals surface area contributed by atoms with E-state index in [1.807, 2.05) is 97.1 Å². The minimum atomic E-state index is -3.57. The summed E-state index contributed by atoms with van der Waals surface area (Å²) in [6.45, 7) is 0. The van der Waals surface area contributed by atoms with Crippen LogP contribution in [0.2, 0.25) is 0 Å². The minimum Gasteiger partial charge on any atom is -0.267 e. The molecule has 0 amide bonds. The normalized spacial score (nSPS) is 11.6. The molecular formula is C28H23N3O3S. The Hall–Kier alpha value is -4.07. The molecule has 0 radical (unpaired) electrons. The van der Waals surface area contributed by atoms with Crippen LogP contribution in [-0.2, 0) is 16.4 Å². The number of nitrogens with zero attached hydrogens (tertiary/aromatic N) is 2. The van der Waals surface area contributed by atoms with Crippen LogP contribution in [0.15, 0.2) is 108 Å². The Balaban J connectivity index is 1.62. The lowest BCUT2D eigenvalue weighted by atomic mass is 10.0. The van der Waals surface area contributed by atoms with Crippen LogP contribution >= 0.6 is 0 Å². The highest BCUT2D eigenvalue weighted by molar-refractivity contribution is 7.89. The predicted octanol–water partition coefficient (Wildman–Crippen LogP) is 4.55. The standard InChI is InChI=1S/C28H23N3O3S/c29-35(33,34)18-17-20-7-6-10-23(19-20)27-25-11-4-5-12-26(25)28(32)31(30-27)24-15-13-22(14-16-24)21-8-2-1-3-9-21/h1-16,19H,17-18H2,(H2,29,33,34). The topological polar surface area (TPSA) is 95.1 Å². The summed E-state index contributed by atoms with van der Waals surface area (Å²) in [6, 6.07) is 32.6. The molecule has 1 aromatic heterocycles. The second-order valence-corrected chi connectivity index (χ2v) is 10.1. The van der Waals surface area contributed by atoms with Crippen molar-refractivity contribution in [3.05, 3.63) is 119 Å². The zero-order valence-electron chi connectivity index (χ0n) is 18.8. The average Bonchev–Trinajstić information content (AvgIpc) is 2.88. The SMILES string of the molecule is NS(=O)(=O)CCc1cccc(-c2nn(-c3ccc(-c4ccccc4)cc3)c(=O)c3ccccc23)c1. The molecule has 5 rings (SSSR count). The molecule has 0 unspecified atom stereocenters. The Morgan fingerprint density at radius 1 is 0.714 bits per heavy atom. The van der Waals surface area contributed by atoms with Crippen molar-refractivity contribution < 1.29 is 8.42 Å². The molecule has 7 heteroatoms. The molecule has 2 N–H and O–H groups in total. The van der Waals surface area contributed by atoms with Crippen LogP contribution in [0.3, 0.4) is 0 Å². The fraction of sp³-hybridized carbons (Fsp3) is 0.0714. The Morgan fingerprint density at radius 2 is 1.34 bits per heavy atom. The van der Waals surface area contributed by atoms with Crippen LogP contribution in [0.1, 0.15) is 5.56 Å². The second-order valence-electron chi connectivity index (χ2n) is 8.34. The molecule has 0 aliphatic rings. The molecule has 6 nitrogen and oxygen atoms in total. The Bertz CT molecular complexity index is 1680. The maximum absolute atomic E-state index is 13.4. The quantitative estimate of drug-likeness (QED) is 0.385. The molecule has 0 saturated carbocycles. The molecule has 0 atom stereocenters. The van der Waals surface area contributed by atoms with Crippen molar-refractivity contribution in [3.8, 4) is 28.1 Å². The second kappa shape index (κ2) is 9.29. The zero-order chi connectivity index (χ0) is 24.4. The van der Waals surface area contributed by atoms with E-state index in [0.29, 0.717) is 23.2 Å². The summed E-state index contributed by atoms with van der Waals surface area (Å²) in [4.78, 5) is 13.4. The van der Waals surface area contributed by atoms with Gasteiger partial charge in [-0.3, -0.25) is 4.79 Å². The first-order chi connectivity index (χ1) is 16.9. The first-order valence-corrected chi connectivity index (χ1v) is 12.9. The third-order valence-corrected chi connectivity index (χ3v) is 6.67. The van der Waals surface area contributed by atoms with Crippen molar-refractivity contribution >= 4 is 20.8 Å². The van der Waals surface area contributed by atoms with Gasteiger partial charge < -0.3 is 0 Å². The van der Waals surface area contributed by atoms with Gasteiger partial charge in [0.25, 0.3) is 5.56 Å². The van der Waals surface area contributed by atoms with Crippen LogP contribution in [0.5, 0.6) is 0 Å². The van der Waals surface area contributed by atoms with Gasteiger partial charge in [0.2, 0.25) is 10.0 Å². The Morgan fingerprint density at radius 3 is 2.06 bits per heavy atom. The van der Waals surface area contributed by atoms with Gasteiger partial charge in [-0.15, -0.1) is 0 Å². The number of hydrogen-bond donors (Lipinski definition) is 1. The van der Waals surface area contributed by atoms with E-state index < -0.39 is 10.0 Å². The van der Waals surface area contributed by atoms with Gasteiger partial charge in [0.1, 0.15) is 0 Å². The van der Waals surface area contributed by atoms with Crippen LogP contribution in [0, 0.1) is 0 Å². The third kappa shape index (κ3) is 4.91. The molecular weight excluding hydrogens is 458 g/mol. The van der Waals surface area contributed by atoms with E-state index in [1.54, 1.807) is 6.07 Å². The summed E-state index contributed by atoms with van der Waals surface area (Å²) in [7, 11) is -3.57. The lowest BCUT2D eigenvalue weighted by Crippen LogP contribution is -2.22. The third-order valence-electron chi connectivity index (χ3n) is 5.90. The number of nitrogens with two attached hydrogens (primary N) is 1. The van der Waals surface area contributed by atoms with Gasteiger partial charge in [-0.05, 0) is 47.4 Å². The zero-order valence-corrected chi connectivity index (χ0v) is 19.7. The van der Waals surface area contributed by atoms with E-state index in [2.05, 4.69) is 0 Å². The first kappa shape index (κ1) is 22.7. The molecule has 35 heavy (non-hydrogen) atoms. The molecule has 0 aliphatic carbocycles. The molecule has 0 spiro atoms. The van der Waals surface area contributed by atoms with E-state index in [0.717, 1.165) is 27.6 Å². The molecule has 5 aromatic rings. The first-order valence-electron chi connectivity index (χ1n) is 11.2. The summed E-state index contributed by atoms with van der Waals surface area (Å²) < 4.78 is 24.3. The highest BCUT2D eigenvalue weighted by atomic mass is 32.2. The maximum atomic E-state index is 13.4. The number of sulfonamides is 1. The van der Waals surface area contributed by atoms with Gasteiger partial charge in [-0.2, -0.15) is 9.78 Å². The number of fused-ring (bicyclic) bond motifs is 1. The summed E-state index contributed by atoms with van der Waals surface area (Å²) >= 11 is 0. The van der Waals surface area contributed by atoms with Gasteiger partial charge in [0.05, 0.1) is 22.5 Å². The van der Waals surface area contributed by atoms with Crippen molar-refractivity contribution in [1.29, 1.82) is 0 Å². The molecule has 174 valence electrons. The summed E-state index contributed by atoms with van der Waals surface area (Å²) in [5, 5.41) is 11.2. The van der Waals surface area contributed by atoms with Crippen molar-refractivity contribution in [2.75, 3.05) is 5.75 Å². The number of benzene rings is 4. The lowest BCUT2D eigenvalue weighted by Gasteiger charge is -2.13. The minimum absolute atomic E-state index is 0.141. The summed E-state index contributed by atoms with van der Waals surface area (Å²) in [5.41, 5.74) is 4.86. The average molecular weight is 482 g/mol. The molecule has 0 aliphatic heterocycles. The molecule has 0 saturated heterocycles. The van der Waals surface area contributed by atoms with Crippen molar-refractivity contribution in [1.82, 2.24) is 9.78 Å². The largest absolute Gasteiger partial charge is 0.279 e. The van der Waals surface area contributed by atoms with E-state index in [9.17, 15) is 13.2 Å². The van der Waals surface area contributed by atoms with Crippen LogP contribution in [0.4, 0.5) is 0 Å². The Labute approximate surface area is 203 Å². The lowest BCUT2D eigenvalue weighted by molar-refractivity contribution is 0.597. The van der Waals surface area contributed by atoms with Crippen molar-refractivity contribution in [2.24, 2.45) is 5.14 Å². The van der Waals surface area contributed by atoms with Gasteiger partial charge in [0.15, 0.2) is 0 Å². The van der Waals surface area contributed by atoms with Crippen LogP contribution in [-0.4, -0.2) is 24.0 Å². The van der Waals surface area contributed by atoms with Gasteiger partial charge >= 0.3 is 0 Å². The van der Waals surface area contributed by atoms with Crippen molar-refractivity contribution in [3.63, 3.8) is 0 Å². The highest BCUT2D eigenvalue weighted by Crippen LogP contribution is 2.27.